The summed E-state index contributed by atoms with van der Waals surface area (Å²) in [5.74, 6) is 0.909. The van der Waals surface area contributed by atoms with Crippen LogP contribution < -0.4 is 0 Å². The summed E-state index contributed by atoms with van der Waals surface area (Å²) in [5.41, 5.74) is 15.0. The number of para-hydroxylation sites is 3. The minimum absolute atomic E-state index is 0.909. The molecule has 4 aromatic heterocycles. The van der Waals surface area contributed by atoms with E-state index in [1.807, 2.05) is 30.6 Å². The molecule has 0 spiro atoms. The second-order valence-electron chi connectivity index (χ2n) is 14.5. The van der Waals surface area contributed by atoms with Gasteiger partial charge in [0.2, 0.25) is 0 Å². The van der Waals surface area contributed by atoms with E-state index in [0.717, 1.165) is 83.9 Å². The normalized spacial score (nSPS) is 11.4. The summed E-state index contributed by atoms with van der Waals surface area (Å²) >= 11 is 0. The van der Waals surface area contributed by atoms with Crippen molar-refractivity contribution in [2.45, 2.75) is 0 Å². The molecule has 11 aromatic rings. The molecule has 0 N–H and O–H groups in total. The molecule has 5 heteroatoms. The Labute approximate surface area is 335 Å². The average molecular weight is 742 g/mol. The summed E-state index contributed by atoms with van der Waals surface area (Å²) < 4.78 is 4.69. The molecule has 0 saturated carbocycles. The highest BCUT2D eigenvalue weighted by atomic mass is 15.1. The van der Waals surface area contributed by atoms with E-state index in [4.69, 9.17) is 9.97 Å². The van der Waals surface area contributed by atoms with Crippen molar-refractivity contribution in [1.82, 2.24) is 24.1 Å². The second-order valence-corrected chi connectivity index (χ2v) is 14.5. The van der Waals surface area contributed by atoms with Gasteiger partial charge in [0, 0.05) is 51.4 Å². The Morgan fingerprint density at radius 2 is 1.00 bits per heavy atom. The molecule has 0 bridgehead atoms. The first kappa shape index (κ1) is 33.4. The number of nitrogens with zero attached hydrogens (tertiary/aromatic N) is 5. The van der Waals surface area contributed by atoms with Crippen molar-refractivity contribution >= 4 is 32.7 Å². The Bertz CT molecular complexity index is 3240. The SMILES string of the molecule is c1ccc(-c2c(-c3ccccc3)n(-c3ccc(-c4nc5ccccc5n4-c4ccccc4)cc3)c3cc4ccc(-c5cccc(-c6ccncc6)n5)cc4cc23)cc1. The van der Waals surface area contributed by atoms with E-state index in [1.165, 1.54) is 16.5 Å². The maximum absolute atomic E-state index is 5.15. The van der Waals surface area contributed by atoms with Gasteiger partial charge in [0.05, 0.1) is 33.6 Å². The predicted octanol–water partition coefficient (Wildman–Crippen LogP) is 13.2. The molecule has 0 aliphatic heterocycles. The maximum Gasteiger partial charge on any atom is 0.145 e. The van der Waals surface area contributed by atoms with Gasteiger partial charge in [0.15, 0.2) is 0 Å². The van der Waals surface area contributed by atoms with Crippen molar-refractivity contribution in [2.75, 3.05) is 0 Å². The average Bonchev–Trinajstić information content (AvgIpc) is 3.86. The molecule has 0 unspecified atom stereocenters. The van der Waals surface area contributed by atoms with Crippen molar-refractivity contribution < 1.29 is 0 Å². The highest BCUT2D eigenvalue weighted by molar-refractivity contribution is 6.11. The standard InChI is InChI=1S/C53H35N5/c1-4-13-37(14-5-1)51-45-34-42-33-41(47-21-12-20-46(55-47)36-29-31-54-32-30-36)24-23-40(42)35-50(45)57(52(51)38-15-6-2-7-16-38)44-27-25-39(26-28-44)53-56-48-19-10-11-22-49(48)58(53)43-17-8-3-9-18-43/h1-35H. The summed E-state index contributed by atoms with van der Waals surface area (Å²) in [5, 5.41) is 3.50. The highest BCUT2D eigenvalue weighted by Crippen LogP contribution is 2.45. The summed E-state index contributed by atoms with van der Waals surface area (Å²) in [7, 11) is 0. The van der Waals surface area contributed by atoms with E-state index >= 15 is 0 Å². The van der Waals surface area contributed by atoms with Gasteiger partial charge in [0.1, 0.15) is 5.82 Å². The molecular formula is C53H35N5. The van der Waals surface area contributed by atoms with E-state index in [9.17, 15) is 0 Å². The van der Waals surface area contributed by atoms with Gasteiger partial charge in [0.25, 0.3) is 0 Å². The largest absolute Gasteiger partial charge is 0.309 e. The molecule has 58 heavy (non-hydrogen) atoms. The maximum atomic E-state index is 5.15. The monoisotopic (exact) mass is 741 g/mol. The lowest BCUT2D eigenvalue weighted by Crippen LogP contribution is -1.99. The Balaban J connectivity index is 1.12. The molecule has 0 aliphatic rings. The van der Waals surface area contributed by atoms with Crippen LogP contribution in [0.4, 0.5) is 0 Å². The van der Waals surface area contributed by atoms with Crippen molar-refractivity contribution in [1.29, 1.82) is 0 Å². The third-order valence-corrected chi connectivity index (χ3v) is 11.0. The molecule has 0 atom stereocenters. The number of benzene rings is 7. The van der Waals surface area contributed by atoms with Crippen molar-refractivity contribution in [3.8, 4) is 67.7 Å². The number of hydrogen-bond donors (Lipinski definition) is 0. The zero-order valence-corrected chi connectivity index (χ0v) is 31.4. The zero-order chi connectivity index (χ0) is 38.4. The summed E-state index contributed by atoms with van der Waals surface area (Å²) in [6, 6.07) is 70.9. The number of fused-ring (bicyclic) bond motifs is 3. The Morgan fingerprint density at radius 1 is 0.362 bits per heavy atom. The third kappa shape index (κ3) is 5.76. The molecule has 0 fully saturated rings. The first-order valence-corrected chi connectivity index (χ1v) is 19.5. The molecule has 0 amide bonds. The number of hydrogen-bond acceptors (Lipinski definition) is 3. The quantitative estimate of drug-likeness (QED) is 0.163. The zero-order valence-electron chi connectivity index (χ0n) is 31.4. The van der Waals surface area contributed by atoms with E-state index < -0.39 is 0 Å². The lowest BCUT2D eigenvalue weighted by Gasteiger charge is -2.15. The van der Waals surface area contributed by atoms with Gasteiger partial charge in [-0.25, -0.2) is 9.97 Å². The number of rotatable bonds is 7. The smallest absolute Gasteiger partial charge is 0.145 e. The fourth-order valence-corrected chi connectivity index (χ4v) is 8.32. The Kier molecular flexibility index (Phi) is 8.07. The number of aromatic nitrogens is 5. The van der Waals surface area contributed by atoms with Crippen LogP contribution in [-0.4, -0.2) is 24.1 Å². The van der Waals surface area contributed by atoms with Gasteiger partial charge in [-0.2, -0.15) is 0 Å². The van der Waals surface area contributed by atoms with Crippen LogP contribution in [0.25, 0.3) is 100 Å². The molecule has 11 rings (SSSR count). The van der Waals surface area contributed by atoms with Gasteiger partial charge in [-0.05, 0) is 113 Å². The van der Waals surface area contributed by atoms with Crippen LogP contribution in [0.2, 0.25) is 0 Å². The summed E-state index contributed by atoms with van der Waals surface area (Å²) in [4.78, 5) is 14.4. The number of imidazole rings is 1. The van der Waals surface area contributed by atoms with Crippen LogP contribution in [0, 0.1) is 0 Å². The predicted molar refractivity (Wildman–Crippen MR) is 238 cm³/mol. The van der Waals surface area contributed by atoms with Crippen LogP contribution in [0.5, 0.6) is 0 Å². The minimum atomic E-state index is 0.909. The van der Waals surface area contributed by atoms with Crippen LogP contribution in [0.3, 0.4) is 0 Å². The van der Waals surface area contributed by atoms with Crippen LogP contribution in [0.15, 0.2) is 213 Å². The molecular weight excluding hydrogens is 707 g/mol. The molecule has 272 valence electrons. The van der Waals surface area contributed by atoms with Crippen LogP contribution in [-0.2, 0) is 0 Å². The highest BCUT2D eigenvalue weighted by Gasteiger charge is 2.23. The first-order valence-electron chi connectivity index (χ1n) is 19.5. The number of pyridine rings is 2. The molecule has 7 aromatic carbocycles. The third-order valence-electron chi connectivity index (χ3n) is 11.0. The second kappa shape index (κ2) is 14.0. The topological polar surface area (TPSA) is 48.5 Å². The van der Waals surface area contributed by atoms with Gasteiger partial charge in [-0.1, -0.05) is 109 Å². The van der Waals surface area contributed by atoms with Crippen molar-refractivity contribution in [3.63, 3.8) is 0 Å². The van der Waals surface area contributed by atoms with Gasteiger partial charge in [-0.15, -0.1) is 0 Å². The van der Waals surface area contributed by atoms with Crippen molar-refractivity contribution in [3.05, 3.63) is 213 Å². The molecule has 0 radical (unpaired) electrons. The van der Waals surface area contributed by atoms with Crippen LogP contribution >= 0.6 is 0 Å². The van der Waals surface area contributed by atoms with E-state index in [-0.39, 0.29) is 0 Å². The van der Waals surface area contributed by atoms with Gasteiger partial charge >= 0.3 is 0 Å². The Hall–Kier alpha value is -7.89. The summed E-state index contributed by atoms with van der Waals surface area (Å²) in [6.07, 6.45) is 3.62. The van der Waals surface area contributed by atoms with E-state index in [0.29, 0.717) is 0 Å². The first-order chi connectivity index (χ1) is 28.8. The fourth-order valence-electron chi connectivity index (χ4n) is 8.32. The Morgan fingerprint density at radius 3 is 1.76 bits per heavy atom. The molecule has 4 heterocycles. The molecule has 0 saturated heterocycles. The molecule has 5 nitrogen and oxygen atoms in total. The summed E-state index contributed by atoms with van der Waals surface area (Å²) in [6.45, 7) is 0. The minimum Gasteiger partial charge on any atom is -0.309 e. The van der Waals surface area contributed by atoms with E-state index in [1.54, 1.807) is 0 Å². The van der Waals surface area contributed by atoms with Gasteiger partial charge < -0.3 is 4.57 Å². The lowest BCUT2D eigenvalue weighted by molar-refractivity contribution is 1.10. The molecule has 0 aliphatic carbocycles. The fraction of sp³-hybridized carbons (Fsp3) is 0. The van der Waals surface area contributed by atoms with Crippen molar-refractivity contribution in [2.24, 2.45) is 0 Å². The van der Waals surface area contributed by atoms with Crippen LogP contribution in [0.1, 0.15) is 0 Å². The van der Waals surface area contributed by atoms with E-state index in [2.05, 4.69) is 196 Å². The van der Waals surface area contributed by atoms with Gasteiger partial charge in [-0.3, -0.25) is 9.55 Å². The lowest BCUT2D eigenvalue weighted by atomic mass is 9.96.